The first kappa shape index (κ1) is 18.2. The van der Waals surface area contributed by atoms with Crippen molar-refractivity contribution in [2.24, 2.45) is 5.28 Å². The molecule has 0 aromatic rings. The van der Waals surface area contributed by atoms with Gasteiger partial charge in [-0.1, -0.05) is 0 Å². The highest BCUT2D eigenvalue weighted by atomic mass is 16.8. The summed E-state index contributed by atoms with van der Waals surface area (Å²) in [6, 6.07) is 0. The minimum Gasteiger partial charge on any atom is -0.569 e. The standard InChI is InChI=1S/C11H23N3O6/c1-4-18-11(16)19-10(2)20-12-14(17)13(3)8-6-5-7-9-15/h10,15H,4-9H2,1-3H3. The number of hydrazine groups is 1. The summed E-state index contributed by atoms with van der Waals surface area (Å²) in [5.74, 6) is 0. The third-order valence-corrected chi connectivity index (χ3v) is 2.22. The van der Waals surface area contributed by atoms with Gasteiger partial charge in [-0.2, -0.15) is 0 Å². The van der Waals surface area contributed by atoms with E-state index in [9.17, 15) is 10.0 Å². The summed E-state index contributed by atoms with van der Waals surface area (Å²) in [6.45, 7) is 3.86. The molecule has 1 unspecified atom stereocenters. The maximum absolute atomic E-state index is 11.5. The van der Waals surface area contributed by atoms with E-state index in [1.54, 1.807) is 14.0 Å². The van der Waals surface area contributed by atoms with Crippen molar-refractivity contribution in [3.05, 3.63) is 5.21 Å². The molecule has 9 nitrogen and oxygen atoms in total. The van der Waals surface area contributed by atoms with Gasteiger partial charge in [0.05, 0.1) is 25.2 Å². The monoisotopic (exact) mass is 293 g/mol. The molecule has 0 aromatic carbocycles. The maximum atomic E-state index is 11.5. The normalized spacial score (nSPS) is 12.7. The van der Waals surface area contributed by atoms with Gasteiger partial charge in [-0.25, -0.2) is 4.79 Å². The van der Waals surface area contributed by atoms with Crippen LogP contribution >= 0.6 is 0 Å². The topological polar surface area (TPSA) is 107 Å². The molecule has 0 spiro atoms. The van der Waals surface area contributed by atoms with Crippen LogP contribution in [0.5, 0.6) is 0 Å². The number of aliphatic hydroxyl groups is 1. The fourth-order valence-electron chi connectivity index (χ4n) is 1.19. The molecule has 20 heavy (non-hydrogen) atoms. The van der Waals surface area contributed by atoms with E-state index < -0.39 is 12.4 Å². The van der Waals surface area contributed by atoms with Crippen molar-refractivity contribution >= 4 is 6.16 Å². The average molecular weight is 293 g/mol. The third-order valence-electron chi connectivity index (χ3n) is 2.22. The minimum atomic E-state index is -1.02. The molecule has 0 heterocycles. The molecule has 0 aliphatic rings. The van der Waals surface area contributed by atoms with Crippen LogP contribution in [0.15, 0.2) is 5.28 Å². The Hall–Kier alpha value is -1.77. The fraction of sp³-hybridized carbons (Fsp3) is 0.909. The molecule has 0 saturated carbocycles. The minimum absolute atomic E-state index is 0.140. The molecular formula is C11H23N3O6. The van der Waals surface area contributed by atoms with Crippen molar-refractivity contribution in [2.45, 2.75) is 39.4 Å². The highest BCUT2D eigenvalue weighted by Gasteiger charge is 2.13. The summed E-state index contributed by atoms with van der Waals surface area (Å²) in [6.07, 6.45) is 0.362. The molecular weight excluding hydrogens is 270 g/mol. The van der Waals surface area contributed by atoms with Crippen molar-refractivity contribution in [3.63, 3.8) is 0 Å². The molecule has 0 amide bonds. The van der Waals surface area contributed by atoms with Gasteiger partial charge in [-0.05, 0) is 26.2 Å². The zero-order valence-corrected chi connectivity index (χ0v) is 12.2. The first-order valence-electron chi connectivity index (χ1n) is 6.50. The van der Waals surface area contributed by atoms with Crippen LogP contribution in [0, 0.1) is 5.21 Å². The van der Waals surface area contributed by atoms with E-state index >= 15 is 0 Å². The summed E-state index contributed by atoms with van der Waals surface area (Å²) < 4.78 is 9.18. The van der Waals surface area contributed by atoms with Crippen LogP contribution in [0.4, 0.5) is 4.79 Å². The number of carbonyl (C=O) groups excluding carboxylic acids is 1. The van der Waals surface area contributed by atoms with Gasteiger partial charge in [0.2, 0.25) is 5.28 Å². The first-order valence-corrected chi connectivity index (χ1v) is 6.50. The van der Waals surface area contributed by atoms with Crippen LogP contribution in [0.25, 0.3) is 0 Å². The smallest absolute Gasteiger partial charge is 0.511 e. The molecule has 0 aliphatic carbocycles. The van der Waals surface area contributed by atoms with E-state index in [1.165, 1.54) is 11.9 Å². The van der Waals surface area contributed by atoms with E-state index in [0.29, 0.717) is 13.0 Å². The lowest BCUT2D eigenvalue weighted by Crippen LogP contribution is -2.28. The lowest BCUT2D eigenvalue weighted by Gasteiger charge is -2.13. The highest BCUT2D eigenvalue weighted by molar-refractivity contribution is 5.59. The summed E-state index contributed by atoms with van der Waals surface area (Å²) in [4.78, 5) is 15.9. The van der Waals surface area contributed by atoms with Gasteiger partial charge in [-0.15, -0.1) is 5.01 Å². The van der Waals surface area contributed by atoms with Gasteiger partial charge >= 0.3 is 6.16 Å². The SMILES string of the molecule is CCOC(=O)OC(C)ON=[N+]([O-])N(C)CCCCCO. The van der Waals surface area contributed by atoms with Gasteiger partial charge < -0.3 is 19.8 Å². The highest BCUT2D eigenvalue weighted by Crippen LogP contribution is 2.00. The molecule has 0 aliphatic heterocycles. The fourth-order valence-corrected chi connectivity index (χ4v) is 1.19. The van der Waals surface area contributed by atoms with Crippen molar-refractivity contribution in [3.8, 4) is 0 Å². The predicted octanol–water partition coefficient (Wildman–Crippen LogP) is 1.41. The zero-order valence-electron chi connectivity index (χ0n) is 12.2. The molecule has 0 radical (unpaired) electrons. The predicted molar refractivity (Wildman–Crippen MR) is 68.3 cm³/mol. The van der Waals surface area contributed by atoms with E-state index in [1.807, 2.05) is 0 Å². The summed E-state index contributed by atoms with van der Waals surface area (Å²) in [7, 11) is 1.55. The third kappa shape index (κ3) is 9.20. The quantitative estimate of drug-likeness (QED) is 0.162. The molecule has 1 N–H and O–H groups in total. The number of rotatable bonds is 10. The number of nitrogens with zero attached hydrogens (tertiary/aromatic N) is 3. The van der Waals surface area contributed by atoms with Gasteiger partial charge in [0.15, 0.2) is 0 Å². The van der Waals surface area contributed by atoms with Crippen LogP contribution in [0.1, 0.15) is 33.1 Å². The van der Waals surface area contributed by atoms with Crippen molar-refractivity contribution in [1.29, 1.82) is 0 Å². The molecule has 0 rings (SSSR count). The molecule has 1 atom stereocenters. The van der Waals surface area contributed by atoms with E-state index in [2.05, 4.69) is 14.8 Å². The van der Waals surface area contributed by atoms with E-state index in [0.717, 1.165) is 12.8 Å². The van der Waals surface area contributed by atoms with Crippen LogP contribution < -0.4 is 0 Å². The first-order chi connectivity index (χ1) is 9.51. The molecule has 0 saturated heterocycles. The Labute approximate surface area is 118 Å². The number of aliphatic hydroxyl groups excluding tert-OH is 1. The van der Waals surface area contributed by atoms with Gasteiger partial charge in [-0.3, -0.25) is 4.84 Å². The van der Waals surface area contributed by atoms with Crippen LogP contribution in [-0.4, -0.2) is 54.3 Å². The van der Waals surface area contributed by atoms with Crippen LogP contribution in [0.3, 0.4) is 0 Å². The Bertz CT molecular complexity index is 300. The Kier molecular flexibility index (Phi) is 10.1. The Morgan fingerprint density at radius 1 is 1.45 bits per heavy atom. The number of hydrogen-bond acceptors (Lipinski definition) is 7. The Morgan fingerprint density at radius 2 is 2.15 bits per heavy atom. The Balaban J connectivity index is 3.94. The zero-order chi connectivity index (χ0) is 15.4. The maximum Gasteiger partial charge on any atom is 0.511 e. The van der Waals surface area contributed by atoms with Gasteiger partial charge in [0.25, 0.3) is 6.29 Å². The summed E-state index contributed by atoms with van der Waals surface area (Å²) in [5, 5.41) is 24.6. The Morgan fingerprint density at radius 3 is 2.75 bits per heavy atom. The molecule has 0 bridgehead atoms. The number of ether oxygens (including phenoxy) is 2. The second kappa shape index (κ2) is 11.1. The van der Waals surface area contributed by atoms with E-state index in [-0.39, 0.29) is 18.2 Å². The lowest BCUT2D eigenvalue weighted by atomic mass is 10.2. The summed E-state index contributed by atoms with van der Waals surface area (Å²) >= 11 is 0. The number of carbonyl (C=O) groups is 1. The van der Waals surface area contributed by atoms with Crippen LogP contribution in [0.2, 0.25) is 0 Å². The lowest BCUT2D eigenvalue weighted by molar-refractivity contribution is -0.707. The molecule has 0 fully saturated rings. The summed E-state index contributed by atoms with van der Waals surface area (Å²) in [5.41, 5.74) is 0. The van der Waals surface area contributed by atoms with Crippen molar-refractivity contribution in [1.82, 2.24) is 5.01 Å². The number of unbranched alkanes of at least 4 members (excludes halogenated alkanes) is 2. The largest absolute Gasteiger partial charge is 0.569 e. The average Bonchev–Trinajstić information content (AvgIpc) is 2.40. The molecule has 9 heteroatoms. The van der Waals surface area contributed by atoms with Crippen molar-refractivity contribution < 1.29 is 29.2 Å². The molecule has 118 valence electrons. The van der Waals surface area contributed by atoms with Crippen molar-refractivity contribution in [2.75, 3.05) is 26.8 Å². The second-order valence-corrected chi connectivity index (χ2v) is 3.97. The van der Waals surface area contributed by atoms with Gasteiger partial charge in [0.1, 0.15) is 0 Å². The van der Waals surface area contributed by atoms with E-state index in [4.69, 9.17) is 9.94 Å². The van der Waals surface area contributed by atoms with Gasteiger partial charge in [0, 0.05) is 13.5 Å². The molecule has 0 aromatic heterocycles. The number of hydrogen-bond donors (Lipinski definition) is 1. The second-order valence-electron chi connectivity index (χ2n) is 3.97. The van der Waals surface area contributed by atoms with Crippen LogP contribution in [-0.2, 0) is 14.3 Å².